The maximum absolute atomic E-state index is 14.9. The lowest BCUT2D eigenvalue weighted by atomic mass is 10.1. The number of allylic oxidation sites excluding steroid dienone is 2. The van der Waals surface area contributed by atoms with Crippen molar-refractivity contribution >= 4 is 16.8 Å². The Balaban J connectivity index is 1.72. The topological polar surface area (TPSA) is 57.9 Å². The van der Waals surface area contributed by atoms with Crippen LogP contribution < -0.4 is 15.1 Å². The van der Waals surface area contributed by atoms with Gasteiger partial charge >= 0.3 is 11.7 Å². The molecule has 2 aromatic carbocycles. The molecular weight excluding hydrogens is 473 g/mol. The van der Waals surface area contributed by atoms with E-state index in [1.807, 2.05) is 25.2 Å². The van der Waals surface area contributed by atoms with E-state index in [4.69, 9.17) is 18.6 Å². The van der Waals surface area contributed by atoms with Gasteiger partial charge in [0.1, 0.15) is 11.1 Å². The Labute approximate surface area is 207 Å². The van der Waals surface area contributed by atoms with Crippen LogP contribution in [0, 0.1) is 5.82 Å². The van der Waals surface area contributed by atoms with E-state index in [1.54, 1.807) is 12.1 Å². The summed E-state index contributed by atoms with van der Waals surface area (Å²) in [4.78, 5) is 12.4. The Kier molecular flexibility index (Phi) is 9.76. The molecule has 0 saturated heterocycles. The van der Waals surface area contributed by atoms with Crippen molar-refractivity contribution in [2.75, 3.05) is 19.8 Å². The van der Waals surface area contributed by atoms with Crippen LogP contribution in [0.25, 0.3) is 16.8 Å². The zero-order chi connectivity index (χ0) is 26.0. The lowest BCUT2D eigenvalue weighted by Crippen LogP contribution is -2.24. The van der Waals surface area contributed by atoms with Gasteiger partial charge < -0.3 is 18.6 Å². The van der Waals surface area contributed by atoms with Crippen LogP contribution >= 0.6 is 0 Å². The number of ether oxygens (including phenoxy) is 3. The smallest absolute Gasteiger partial charge is 0.460 e. The summed E-state index contributed by atoms with van der Waals surface area (Å²) < 4.78 is 64.8. The third-order valence-corrected chi connectivity index (χ3v) is 5.13. The minimum atomic E-state index is -3.96. The molecule has 0 aliphatic rings. The van der Waals surface area contributed by atoms with E-state index in [-0.39, 0.29) is 23.5 Å². The number of hydrogen-bond donors (Lipinski definition) is 0. The van der Waals surface area contributed by atoms with E-state index in [2.05, 4.69) is 6.58 Å². The SMILES string of the molecule is C=CCC/C=C/c1ccc(OC(F)(F)c2cc3ccc(OCCCOCCC)c(F)c3c(=O)o2)cc1. The molecular formula is C28H29F3O5. The summed E-state index contributed by atoms with van der Waals surface area (Å²) >= 11 is 0. The third-order valence-electron chi connectivity index (χ3n) is 5.13. The number of halogens is 3. The lowest BCUT2D eigenvalue weighted by Gasteiger charge is -2.17. The molecule has 1 heterocycles. The van der Waals surface area contributed by atoms with Gasteiger partial charge in [-0.2, -0.15) is 8.78 Å². The van der Waals surface area contributed by atoms with E-state index < -0.39 is 28.7 Å². The van der Waals surface area contributed by atoms with Crippen LogP contribution in [0.4, 0.5) is 13.2 Å². The van der Waals surface area contributed by atoms with E-state index in [1.165, 1.54) is 24.3 Å². The van der Waals surface area contributed by atoms with Crippen LogP contribution in [0.1, 0.15) is 43.9 Å². The molecule has 1 aromatic heterocycles. The minimum Gasteiger partial charge on any atom is -0.490 e. The Bertz CT molecular complexity index is 1230. The molecule has 3 aromatic rings. The Hall–Kier alpha value is -3.52. The van der Waals surface area contributed by atoms with Crippen molar-refractivity contribution in [2.24, 2.45) is 0 Å². The fourth-order valence-corrected chi connectivity index (χ4v) is 3.34. The average Bonchev–Trinajstić information content (AvgIpc) is 2.85. The summed E-state index contributed by atoms with van der Waals surface area (Å²) in [7, 11) is 0. The number of benzene rings is 2. The molecule has 0 aliphatic carbocycles. The molecule has 5 nitrogen and oxygen atoms in total. The quantitative estimate of drug-likeness (QED) is 0.172. The first kappa shape index (κ1) is 27.1. The minimum absolute atomic E-state index is 0.0549. The highest BCUT2D eigenvalue weighted by atomic mass is 19.3. The number of alkyl halides is 2. The van der Waals surface area contributed by atoms with Gasteiger partial charge in [0, 0.05) is 19.6 Å². The molecule has 0 saturated carbocycles. The molecule has 36 heavy (non-hydrogen) atoms. The zero-order valence-corrected chi connectivity index (χ0v) is 20.1. The van der Waals surface area contributed by atoms with Crippen molar-refractivity contribution in [3.05, 3.63) is 88.8 Å². The third kappa shape index (κ3) is 7.24. The molecule has 0 atom stereocenters. The van der Waals surface area contributed by atoms with Crippen molar-refractivity contribution in [1.82, 2.24) is 0 Å². The van der Waals surface area contributed by atoms with Crippen molar-refractivity contribution in [3.63, 3.8) is 0 Å². The fourth-order valence-electron chi connectivity index (χ4n) is 3.34. The molecule has 8 heteroatoms. The van der Waals surface area contributed by atoms with Gasteiger partial charge in [0.2, 0.25) is 5.76 Å². The number of rotatable bonds is 14. The molecule has 0 radical (unpaired) electrons. The van der Waals surface area contributed by atoms with Crippen molar-refractivity contribution < 1.29 is 31.8 Å². The highest BCUT2D eigenvalue weighted by Crippen LogP contribution is 2.34. The molecule has 0 N–H and O–H groups in total. The monoisotopic (exact) mass is 502 g/mol. The summed E-state index contributed by atoms with van der Waals surface area (Å²) in [5, 5.41) is -0.525. The Morgan fingerprint density at radius 3 is 2.56 bits per heavy atom. The standard InChI is InChI=1S/C28H29F3O5/c1-3-5-6-7-9-20-10-13-22(14-11-20)36-28(30,31)24-19-21-12-15-23(26(29)25(21)27(32)35-24)34-18-8-17-33-16-4-2/h3,7,9-15,19H,1,4-6,8,16-18H2,2H3/b9-7+. The van der Waals surface area contributed by atoms with Gasteiger partial charge in [0.15, 0.2) is 11.6 Å². The summed E-state index contributed by atoms with van der Waals surface area (Å²) in [5.41, 5.74) is -0.436. The van der Waals surface area contributed by atoms with Crippen LogP contribution in [-0.2, 0) is 10.8 Å². The van der Waals surface area contributed by atoms with Gasteiger partial charge in [-0.15, -0.1) is 6.58 Å². The van der Waals surface area contributed by atoms with E-state index >= 15 is 0 Å². The maximum atomic E-state index is 14.9. The zero-order valence-electron chi connectivity index (χ0n) is 20.1. The highest BCUT2D eigenvalue weighted by Gasteiger charge is 2.39. The molecule has 0 bridgehead atoms. The van der Waals surface area contributed by atoms with Gasteiger partial charge in [-0.05, 0) is 54.5 Å². The molecule has 0 unspecified atom stereocenters. The van der Waals surface area contributed by atoms with Gasteiger partial charge in [-0.1, -0.05) is 43.4 Å². The molecule has 0 amide bonds. The van der Waals surface area contributed by atoms with Crippen LogP contribution in [-0.4, -0.2) is 19.8 Å². The normalized spacial score (nSPS) is 11.8. The Morgan fingerprint density at radius 2 is 1.83 bits per heavy atom. The van der Waals surface area contributed by atoms with Crippen LogP contribution in [0.5, 0.6) is 11.5 Å². The number of hydrogen-bond acceptors (Lipinski definition) is 5. The lowest BCUT2D eigenvalue weighted by molar-refractivity contribution is -0.199. The first-order valence-corrected chi connectivity index (χ1v) is 11.8. The van der Waals surface area contributed by atoms with E-state index in [0.717, 1.165) is 30.9 Å². The summed E-state index contributed by atoms with van der Waals surface area (Å²) in [6.45, 7) is 6.89. The second-order valence-electron chi connectivity index (χ2n) is 8.01. The van der Waals surface area contributed by atoms with Crippen LogP contribution in [0.3, 0.4) is 0 Å². The fraction of sp³-hybridized carbons (Fsp3) is 0.321. The summed E-state index contributed by atoms with van der Waals surface area (Å²) in [6, 6.07) is 9.52. The molecule has 0 fully saturated rings. The molecule has 192 valence electrons. The Morgan fingerprint density at radius 1 is 1.06 bits per heavy atom. The predicted octanol–water partition coefficient (Wildman–Crippen LogP) is 7.24. The van der Waals surface area contributed by atoms with Gasteiger partial charge in [-0.25, -0.2) is 9.18 Å². The predicted molar refractivity (Wildman–Crippen MR) is 133 cm³/mol. The van der Waals surface area contributed by atoms with Crippen LogP contribution in [0.2, 0.25) is 0 Å². The van der Waals surface area contributed by atoms with Gasteiger partial charge in [0.05, 0.1) is 6.61 Å². The second-order valence-corrected chi connectivity index (χ2v) is 8.01. The summed E-state index contributed by atoms with van der Waals surface area (Å²) in [6.07, 6.45) is 4.75. The summed E-state index contributed by atoms with van der Waals surface area (Å²) in [5.74, 6) is -2.29. The number of unbranched alkanes of at least 4 members (excludes halogenated alkanes) is 1. The van der Waals surface area contributed by atoms with Crippen LogP contribution in [0.15, 0.2) is 70.4 Å². The number of fused-ring (bicyclic) bond motifs is 1. The molecule has 0 aliphatic heterocycles. The second kappa shape index (κ2) is 13.0. The maximum Gasteiger partial charge on any atom is 0.460 e. The van der Waals surface area contributed by atoms with Gasteiger partial charge in [0.25, 0.3) is 0 Å². The van der Waals surface area contributed by atoms with Crippen molar-refractivity contribution in [2.45, 2.75) is 38.7 Å². The molecule has 3 rings (SSSR count). The van der Waals surface area contributed by atoms with Gasteiger partial charge in [-0.3, -0.25) is 0 Å². The average molecular weight is 503 g/mol. The highest BCUT2D eigenvalue weighted by molar-refractivity contribution is 5.83. The first-order chi connectivity index (χ1) is 17.4. The largest absolute Gasteiger partial charge is 0.490 e. The van der Waals surface area contributed by atoms with E-state index in [0.29, 0.717) is 19.6 Å². The van der Waals surface area contributed by atoms with Crippen molar-refractivity contribution in [1.29, 1.82) is 0 Å². The van der Waals surface area contributed by atoms with Crippen molar-refractivity contribution in [3.8, 4) is 11.5 Å². The van der Waals surface area contributed by atoms with E-state index in [9.17, 15) is 18.0 Å². The molecule has 0 spiro atoms. The first-order valence-electron chi connectivity index (χ1n) is 11.8.